The second kappa shape index (κ2) is 8.90. The van der Waals surface area contributed by atoms with Crippen molar-refractivity contribution in [1.82, 2.24) is 4.90 Å². The first-order valence-electron chi connectivity index (χ1n) is 9.81. The monoisotopic (exact) mass is 411 g/mol. The highest BCUT2D eigenvalue weighted by Gasteiger charge is 2.45. The Kier molecular flexibility index (Phi) is 6.30. The van der Waals surface area contributed by atoms with Gasteiger partial charge in [0.25, 0.3) is 11.7 Å². The van der Waals surface area contributed by atoms with E-state index < -0.39 is 17.7 Å². The van der Waals surface area contributed by atoms with E-state index in [-0.39, 0.29) is 22.8 Å². The SMILES string of the molecule is CCCN1C(=O)C(=O)/C(=C(\O)c2ccc(OC)cc2)C1c1ccc(O)c(OCC)c1. The number of likely N-dealkylation sites (tertiary alicyclic amines) is 1. The molecule has 0 aliphatic carbocycles. The van der Waals surface area contributed by atoms with Gasteiger partial charge in [-0.3, -0.25) is 9.59 Å². The topological polar surface area (TPSA) is 96.3 Å². The summed E-state index contributed by atoms with van der Waals surface area (Å²) in [6, 6.07) is 10.5. The van der Waals surface area contributed by atoms with Gasteiger partial charge in [-0.05, 0) is 55.3 Å². The Balaban J connectivity index is 2.17. The maximum atomic E-state index is 12.9. The molecule has 0 saturated carbocycles. The summed E-state index contributed by atoms with van der Waals surface area (Å²) >= 11 is 0. The number of carbonyl (C=O) groups excluding carboxylic acids is 2. The molecule has 7 nitrogen and oxygen atoms in total. The Hall–Kier alpha value is -3.48. The lowest BCUT2D eigenvalue weighted by atomic mass is 9.95. The lowest BCUT2D eigenvalue weighted by molar-refractivity contribution is -0.139. The van der Waals surface area contributed by atoms with Gasteiger partial charge in [-0.25, -0.2) is 0 Å². The number of amides is 1. The minimum absolute atomic E-state index is 0.00625. The highest BCUT2D eigenvalue weighted by atomic mass is 16.5. The Bertz CT molecular complexity index is 980. The number of aromatic hydroxyl groups is 1. The van der Waals surface area contributed by atoms with E-state index in [2.05, 4.69) is 0 Å². The minimum atomic E-state index is -0.785. The fourth-order valence-electron chi connectivity index (χ4n) is 3.57. The van der Waals surface area contributed by atoms with Crippen LogP contribution in [0.4, 0.5) is 0 Å². The fourth-order valence-corrected chi connectivity index (χ4v) is 3.57. The van der Waals surface area contributed by atoms with Gasteiger partial charge in [0.05, 0.1) is 25.3 Å². The molecule has 1 aliphatic rings. The third kappa shape index (κ3) is 3.83. The molecule has 1 heterocycles. The van der Waals surface area contributed by atoms with Crippen molar-refractivity contribution in [3.05, 3.63) is 59.2 Å². The number of benzene rings is 2. The number of hydrogen-bond acceptors (Lipinski definition) is 6. The van der Waals surface area contributed by atoms with Crippen LogP contribution in [0.15, 0.2) is 48.0 Å². The number of rotatable bonds is 7. The van der Waals surface area contributed by atoms with Crippen molar-refractivity contribution in [3.8, 4) is 17.2 Å². The molecule has 2 aromatic rings. The van der Waals surface area contributed by atoms with Gasteiger partial charge in [-0.1, -0.05) is 13.0 Å². The molecule has 158 valence electrons. The van der Waals surface area contributed by atoms with Gasteiger partial charge >= 0.3 is 0 Å². The van der Waals surface area contributed by atoms with Crippen molar-refractivity contribution in [2.24, 2.45) is 0 Å². The molecule has 1 fully saturated rings. The Labute approximate surface area is 175 Å². The Morgan fingerprint density at radius 3 is 2.40 bits per heavy atom. The van der Waals surface area contributed by atoms with E-state index in [4.69, 9.17) is 9.47 Å². The molecular formula is C23H25NO6. The van der Waals surface area contributed by atoms with Crippen molar-refractivity contribution < 1.29 is 29.3 Å². The number of ketones is 1. The van der Waals surface area contributed by atoms with Crippen LogP contribution in [0, 0.1) is 0 Å². The van der Waals surface area contributed by atoms with Crippen LogP contribution in [0.3, 0.4) is 0 Å². The van der Waals surface area contributed by atoms with E-state index in [1.165, 1.54) is 18.1 Å². The number of methoxy groups -OCH3 is 1. The van der Waals surface area contributed by atoms with Crippen molar-refractivity contribution in [1.29, 1.82) is 0 Å². The van der Waals surface area contributed by atoms with Crippen molar-refractivity contribution >= 4 is 17.4 Å². The summed E-state index contributed by atoms with van der Waals surface area (Å²) in [5, 5.41) is 21.0. The summed E-state index contributed by atoms with van der Waals surface area (Å²) in [4.78, 5) is 27.1. The molecule has 0 bridgehead atoms. The van der Waals surface area contributed by atoms with Gasteiger partial charge in [0.2, 0.25) is 0 Å². The zero-order valence-corrected chi connectivity index (χ0v) is 17.2. The summed E-state index contributed by atoms with van der Waals surface area (Å²) in [5.74, 6) is -0.847. The second-order valence-electron chi connectivity index (χ2n) is 6.88. The number of ether oxygens (including phenoxy) is 2. The molecule has 30 heavy (non-hydrogen) atoms. The minimum Gasteiger partial charge on any atom is -0.507 e. The van der Waals surface area contributed by atoms with Crippen LogP contribution in [0.25, 0.3) is 5.76 Å². The highest BCUT2D eigenvalue weighted by Crippen LogP contribution is 2.41. The molecule has 0 aromatic heterocycles. The summed E-state index contributed by atoms with van der Waals surface area (Å²) < 4.78 is 10.6. The van der Waals surface area contributed by atoms with Crippen LogP contribution in [-0.4, -0.2) is 47.1 Å². The van der Waals surface area contributed by atoms with Crippen molar-refractivity contribution in [3.63, 3.8) is 0 Å². The lowest BCUT2D eigenvalue weighted by Gasteiger charge is -2.25. The standard InChI is InChI=1S/C23H25NO6/c1-4-12-24-20(15-8-11-17(25)18(13-15)30-5-2)19(22(27)23(24)28)21(26)14-6-9-16(29-3)10-7-14/h6-11,13,20,25-26H,4-5,12H2,1-3H3/b21-19-. The van der Waals surface area contributed by atoms with E-state index in [0.29, 0.717) is 36.4 Å². The molecule has 1 unspecified atom stereocenters. The molecule has 2 aromatic carbocycles. The normalized spacial score (nSPS) is 18.0. The lowest BCUT2D eigenvalue weighted by Crippen LogP contribution is -2.30. The Morgan fingerprint density at radius 2 is 1.80 bits per heavy atom. The molecule has 2 N–H and O–H groups in total. The van der Waals surface area contributed by atoms with Crippen LogP contribution in [-0.2, 0) is 9.59 Å². The molecule has 1 atom stereocenters. The van der Waals surface area contributed by atoms with Crippen LogP contribution in [0.1, 0.15) is 37.4 Å². The zero-order valence-electron chi connectivity index (χ0n) is 17.2. The molecule has 1 aliphatic heterocycles. The zero-order chi connectivity index (χ0) is 21.8. The van der Waals surface area contributed by atoms with Crippen LogP contribution < -0.4 is 9.47 Å². The first-order valence-corrected chi connectivity index (χ1v) is 9.81. The first-order chi connectivity index (χ1) is 14.4. The smallest absolute Gasteiger partial charge is 0.295 e. The molecule has 0 spiro atoms. The number of aliphatic hydroxyl groups is 1. The van der Waals surface area contributed by atoms with Crippen molar-refractivity contribution in [2.45, 2.75) is 26.3 Å². The van der Waals surface area contributed by atoms with Gasteiger partial charge in [0.1, 0.15) is 11.5 Å². The number of aliphatic hydroxyl groups excluding tert-OH is 1. The van der Waals surface area contributed by atoms with E-state index in [0.717, 1.165) is 0 Å². The Morgan fingerprint density at radius 1 is 1.10 bits per heavy atom. The largest absolute Gasteiger partial charge is 0.507 e. The van der Waals surface area contributed by atoms with Gasteiger partial charge in [-0.2, -0.15) is 0 Å². The predicted octanol–water partition coefficient (Wildman–Crippen LogP) is 3.63. The molecule has 3 rings (SSSR count). The number of phenolic OH excluding ortho intramolecular Hbond substituents is 1. The number of phenols is 1. The van der Waals surface area contributed by atoms with E-state index in [9.17, 15) is 19.8 Å². The average molecular weight is 411 g/mol. The molecule has 1 saturated heterocycles. The number of nitrogens with zero attached hydrogens (tertiary/aromatic N) is 1. The molecular weight excluding hydrogens is 386 g/mol. The maximum Gasteiger partial charge on any atom is 0.295 e. The van der Waals surface area contributed by atoms with Crippen LogP contribution in [0.2, 0.25) is 0 Å². The second-order valence-corrected chi connectivity index (χ2v) is 6.88. The van der Waals surface area contributed by atoms with E-state index in [1.54, 1.807) is 43.3 Å². The van der Waals surface area contributed by atoms with Gasteiger partial charge in [0.15, 0.2) is 11.5 Å². The quantitative estimate of drug-likeness (QED) is 0.410. The van der Waals surface area contributed by atoms with Gasteiger partial charge in [0, 0.05) is 12.1 Å². The van der Waals surface area contributed by atoms with Gasteiger partial charge in [-0.15, -0.1) is 0 Å². The van der Waals surface area contributed by atoms with E-state index in [1.807, 2.05) is 6.92 Å². The summed E-state index contributed by atoms with van der Waals surface area (Å²) in [5.41, 5.74) is 0.977. The third-order valence-corrected chi connectivity index (χ3v) is 4.97. The third-order valence-electron chi connectivity index (χ3n) is 4.97. The molecule has 7 heteroatoms. The first kappa shape index (κ1) is 21.2. The number of hydrogen-bond donors (Lipinski definition) is 2. The summed E-state index contributed by atoms with van der Waals surface area (Å²) in [7, 11) is 1.53. The molecule has 1 amide bonds. The van der Waals surface area contributed by atoms with Crippen LogP contribution in [0.5, 0.6) is 17.2 Å². The fraction of sp³-hybridized carbons (Fsp3) is 0.304. The number of Topliss-reactive ketones (excluding diaryl/α,β-unsaturated/α-hetero) is 1. The summed E-state index contributed by atoms with van der Waals surface area (Å²) in [6.45, 7) is 4.39. The average Bonchev–Trinajstić information content (AvgIpc) is 3.00. The number of carbonyl (C=O) groups is 2. The highest BCUT2D eigenvalue weighted by molar-refractivity contribution is 6.46. The molecule has 0 radical (unpaired) electrons. The van der Waals surface area contributed by atoms with Crippen LogP contribution >= 0.6 is 0 Å². The van der Waals surface area contributed by atoms with E-state index >= 15 is 0 Å². The summed E-state index contributed by atoms with van der Waals surface area (Å²) in [6.07, 6.45) is 0.641. The maximum absolute atomic E-state index is 12.9. The van der Waals surface area contributed by atoms with Gasteiger partial charge < -0.3 is 24.6 Å². The predicted molar refractivity (Wildman–Crippen MR) is 112 cm³/mol. The van der Waals surface area contributed by atoms with Crippen molar-refractivity contribution in [2.75, 3.05) is 20.3 Å².